The van der Waals surface area contributed by atoms with Gasteiger partial charge < -0.3 is 11.5 Å². The van der Waals surface area contributed by atoms with Crippen LogP contribution in [0.5, 0.6) is 0 Å². The predicted octanol–water partition coefficient (Wildman–Crippen LogP) is 4.87. The maximum absolute atomic E-state index is 6.02. The Balaban J connectivity index is 2.30. The zero-order valence-electron chi connectivity index (χ0n) is 11.0. The molecule has 0 saturated heterocycles. The van der Waals surface area contributed by atoms with Gasteiger partial charge in [0.05, 0.1) is 31.5 Å². The highest BCUT2D eigenvalue weighted by Gasteiger charge is 2.03. The van der Waals surface area contributed by atoms with Gasteiger partial charge in [0.15, 0.2) is 0 Å². The highest BCUT2D eigenvalue weighted by molar-refractivity contribution is 6.37. The molecule has 0 amide bonds. The first-order chi connectivity index (χ1) is 10.4. The topological polar surface area (TPSA) is 52.0 Å². The summed E-state index contributed by atoms with van der Waals surface area (Å²) in [7, 11) is 0. The Morgan fingerprint density at radius 2 is 0.955 bits per heavy atom. The maximum atomic E-state index is 6.02. The van der Waals surface area contributed by atoms with E-state index >= 15 is 0 Å². The van der Waals surface area contributed by atoms with Crippen molar-refractivity contribution in [2.45, 2.75) is 0 Å². The van der Waals surface area contributed by atoms with Crippen LogP contribution in [-0.4, -0.2) is 0 Å². The zero-order chi connectivity index (χ0) is 16.3. The lowest BCUT2D eigenvalue weighted by atomic mass is 10.2. The van der Waals surface area contributed by atoms with E-state index in [1.54, 1.807) is 12.1 Å². The second-order valence-electron chi connectivity index (χ2n) is 4.21. The van der Waals surface area contributed by atoms with E-state index in [2.05, 4.69) is 23.7 Å². The van der Waals surface area contributed by atoms with Gasteiger partial charge in [0.25, 0.3) is 0 Å². The number of hydrogen-bond donors (Lipinski definition) is 2. The van der Waals surface area contributed by atoms with Crippen LogP contribution in [0.15, 0.2) is 24.3 Å². The summed E-state index contributed by atoms with van der Waals surface area (Å²) in [6, 6.07) is 6.25. The molecule has 0 fully saturated rings. The van der Waals surface area contributed by atoms with Gasteiger partial charge in [-0.05, 0) is 36.1 Å². The third kappa shape index (κ3) is 3.95. The van der Waals surface area contributed by atoms with Crippen LogP contribution in [0.4, 0.5) is 11.4 Å². The minimum Gasteiger partial charge on any atom is -0.397 e. The average Bonchev–Trinajstić information content (AvgIpc) is 2.45. The summed E-state index contributed by atoms with van der Waals surface area (Å²) in [5.41, 5.74) is 13.3. The van der Waals surface area contributed by atoms with E-state index in [1.165, 1.54) is 12.1 Å². The molecule has 0 heterocycles. The smallest absolute Gasteiger partial charge is 0.0651 e. The summed E-state index contributed by atoms with van der Waals surface area (Å²) < 4.78 is 0. The van der Waals surface area contributed by atoms with Gasteiger partial charge in [0.2, 0.25) is 0 Å². The van der Waals surface area contributed by atoms with E-state index < -0.39 is 0 Å². The zero-order valence-corrected chi connectivity index (χ0v) is 14.0. The molecule has 0 radical (unpaired) electrons. The van der Waals surface area contributed by atoms with Crippen molar-refractivity contribution < 1.29 is 0 Å². The highest BCUT2D eigenvalue weighted by Crippen LogP contribution is 2.27. The Morgan fingerprint density at radius 1 is 0.591 bits per heavy atom. The van der Waals surface area contributed by atoms with Gasteiger partial charge in [-0.1, -0.05) is 58.2 Å². The third-order valence-electron chi connectivity index (χ3n) is 2.63. The van der Waals surface area contributed by atoms with E-state index in [0.717, 1.165) is 0 Å². The molecule has 2 aromatic rings. The van der Waals surface area contributed by atoms with Crippen LogP contribution in [-0.2, 0) is 0 Å². The normalized spacial score (nSPS) is 9.45. The number of anilines is 2. The Morgan fingerprint density at radius 3 is 1.32 bits per heavy atom. The summed E-state index contributed by atoms with van der Waals surface area (Å²) in [4.78, 5) is 0. The lowest BCUT2D eigenvalue weighted by Crippen LogP contribution is -1.88. The van der Waals surface area contributed by atoms with Gasteiger partial charge in [-0.2, -0.15) is 0 Å². The van der Waals surface area contributed by atoms with Crippen LogP contribution in [0.3, 0.4) is 0 Å². The lowest BCUT2D eigenvalue weighted by Gasteiger charge is -2.00. The monoisotopic (exact) mass is 368 g/mol. The molecule has 0 bridgehead atoms. The summed E-state index contributed by atoms with van der Waals surface area (Å²) in [5, 5.41) is 1.57. The number of halogens is 4. The molecule has 0 unspecified atom stereocenters. The molecule has 2 rings (SSSR count). The number of benzene rings is 2. The van der Waals surface area contributed by atoms with Crippen LogP contribution in [0.1, 0.15) is 11.1 Å². The second-order valence-corrected chi connectivity index (χ2v) is 5.84. The van der Waals surface area contributed by atoms with Crippen molar-refractivity contribution in [3.63, 3.8) is 0 Å². The molecule has 22 heavy (non-hydrogen) atoms. The molecule has 0 atom stereocenters. The average molecular weight is 370 g/mol. The standard InChI is InChI=1S/C16H8Cl4N2/c17-11-7-13(19)15(21)5-9(11)3-1-2-4-10-6-16(22)14(20)8-12(10)18/h5-8H,21-22H2. The number of rotatable bonds is 0. The van der Waals surface area contributed by atoms with Crippen molar-refractivity contribution in [1.29, 1.82) is 0 Å². The van der Waals surface area contributed by atoms with Crippen LogP contribution < -0.4 is 11.5 Å². The SMILES string of the molecule is Nc1cc(C#CC#Cc2cc(N)c(Cl)cc2Cl)c(Cl)cc1Cl. The molecule has 0 aliphatic heterocycles. The fraction of sp³-hybridized carbons (Fsp3) is 0. The first-order valence-electron chi connectivity index (χ1n) is 5.89. The van der Waals surface area contributed by atoms with Crippen LogP contribution in [0.2, 0.25) is 20.1 Å². The molecule has 2 aromatic carbocycles. The molecule has 4 N–H and O–H groups in total. The van der Waals surface area contributed by atoms with Crippen LogP contribution in [0, 0.1) is 23.7 Å². The molecular weight excluding hydrogens is 362 g/mol. The molecule has 2 nitrogen and oxygen atoms in total. The van der Waals surface area contributed by atoms with Crippen molar-refractivity contribution in [1.82, 2.24) is 0 Å². The summed E-state index contributed by atoms with van der Waals surface area (Å²) >= 11 is 23.7. The number of hydrogen-bond acceptors (Lipinski definition) is 2. The van der Waals surface area contributed by atoms with Crippen molar-refractivity contribution >= 4 is 57.8 Å². The first-order valence-corrected chi connectivity index (χ1v) is 7.40. The molecule has 0 aliphatic carbocycles. The number of nitrogen functional groups attached to an aromatic ring is 2. The second kappa shape index (κ2) is 7.05. The molecule has 6 heteroatoms. The number of nitrogens with two attached hydrogens (primary N) is 2. The van der Waals surface area contributed by atoms with Crippen LogP contribution >= 0.6 is 46.4 Å². The molecule has 0 aliphatic rings. The van der Waals surface area contributed by atoms with Crippen molar-refractivity contribution in [3.05, 3.63) is 55.5 Å². The van der Waals surface area contributed by atoms with Gasteiger partial charge >= 0.3 is 0 Å². The Hall–Kier alpha value is -1.68. The molecule has 0 aromatic heterocycles. The van der Waals surface area contributed by atoms with Crippen molar-refractivity contribution in [2.24, 2.45) is 0 Å². The lowest BCUT2D eigenvalue weighted by molar-refractivity contribution is 1.62. The minimum absolute atomic E-state index is 0.380. The summed E-state index contributed by atoms with van der Waals surface area (Å²) in [6.45, 7) is 0. The Bertz CT molecular complexity index is 794. The molecule has 0 spiro atoms. The predicted molar refractivity (Wildman–Crippen MR) is 95.5 cm³/mol. The minimum atomic E-state index is 0.380. The summed E-state index contributed by atoms with van der Waals surface area (Å²) in [5.74, 6) is 10.9. The third-order valence-corrected chi connectivity index (χ3v) is 3.91. The van der Waals surface area contributed by atoms with Gasteiger partial charge in [-0.25, -0.2) is 0 Å². The first kappa shape index (κ1) is 16.7. The van der Waals surface area contributed by atoms with E-state index in [-0.39, 0.29) is 0 Å². The quantitative estimate of drug-likeness (QED) is 0.514. The van der Waals surface area contributed by atoms with E-state index in [0.29, 0.717) is 42.6 Å². The van der Waals surface area contributed by atoms with Crippen molar-refractivity contribution in [3.8, 4) is 23.7 Å². The van der Waals surface area contributed by atoms with Gasteiger partial charge in [0.1, 0.15) is 0 Å². The fourth-order valence-electron chi connectivity index (χ4n) is 1.52. The molecular formula is C16H8Cl4N2. The highest BCUT2D eigenvalue weighted by atomic mass is 35.5. The molecule has 110 valence electrons. The fourth-order valence-corrected chi connectivity index (χ4v) is 2.38. The van der Waals surface area contributed by atoms with Crippen molar-refractivity contribution in [2.75, 3.05) is 11.5 Å². The maximum Gasteiger partial charge on any atom is 0.0651 e. The van der Waals surface area contributed by atoms with E-state index in [1.807, 2.05) is 0 Å². The van der Waals surface area contributed by atoms with Gasteiger partial charge in [-0.15, -0.1) is 0 Å². The van der Waals surface area contributed by atoms with E-state index in [4.69, 9.17) is 57.9 Å². The van der Waals surface area contributed by atoms with E-state index in [9.17, 15) is 0 Å². The summed E-state index contributed by atoms with van der Waals surface area (Å²) in [6.07, 6.45) is 0. The van der Waals surface area contributed by atoms with Crippen LogP contribution in [0.25, 0.3) is 0 Å². The van der Waals surface area contributed by atoms with Gasteiger partial charge in [-0.3, -0.25) is 0 Å². The largest absolute Gasteiger partial charge is 0.397 e. The Kier molecular flexibility index (Phi) is 5.35. The Labute approximate surface area is 148 Å². The van der Waals surface area contributed by atoms with Gasteiger partial charge in [0, 0.05) is 11.1 Å². The molecule has 0 saturated carbocycles.